The fourth-order valence-corrected chi connectivity index (χ4v) is 4.16. The van der Waals surface area contributed by atoms with Gasteiger partial charge in [-0.15, -0.1) is 0 Å². The molecular weight excluding hydrogens is 375 g/mol. The second kappa shape index (κ2) is 6.49. The van der Waals surface area contributed by atoms with Crippen molar-refractivity contribution in [1.29, 1.82) is 0 Å². The third kappa shape index (κ3) is 3.33. The molecule has 2 aliphatic heterocycles. The number of hydrogen-bond acceptors (Lipinski definition) is 3. The maximum atomic E-state index is 12.9. The molecule has 6 nitrogen and oxygen atoms in total. The Hall–Kier alpha value is -2.58. The van der Waals surface area contributed by atoms with Crippen molar-refractivity contribution >= 4 is 17.8 Å². The molecule has 1 aliphatic carbocycles. The monoisotopic (exact) mass is 395 g/mol. The first-order chi connectivity index (χ1) is 13.2. The molecule has 0 spiro atoms. The van der Waals surface area contributed by atoms with Crippen molar-refractivity contribution in [2.75, 3.05) is 6.54 Å². The Bertz CT molecular complexity index is 851. The Kier molecular flexibility index (Phi) is 4.35. The summed E-state index contributed by atoms with van der Waals surface area (Å²) in [6, 6.07) is 3.10. The van der Waals surface area contributed by atoms with E-state index in [1.807, 2.05) is 0 Å². The highest BCUT2D eigenvalue weighted by Gasteiger charge is 2.55. The van der Waals surface area contributed by atoms with Gasteiger partial charge in [0.15, 0.2) is 0 Å². The quantitative estimate of drug-likeness (QED) is 0.769. The number of carbonyl (C=O) groups is 3. The molecule has 3 aliphatic rings. The SMILES string of the molecule is O=C1NC(=O)[C@](CCC(=O)N2CCc3ccc(C(F)(F)F)cc3C2)(C2CC2)N1. The van der Waals surface area contributed by atoms with Gasteiger partial charge in [-0.2, -0.15) is 13.2 Å². The van der Waals surface area contributed by atoms with Crippen LogP contribution in [-0.2, 0) is 28.7 Å². The molecule has 1 atom stereocenters. The molecule has 2 N–H and O–H groups in total. The Morgan fingerprint density at radius 1 is 1.21 bits per heavy atom. The standard InChI is InChI=1S/C19H20F3N3O3/c20-19(21,22)14-2-1-11-6-8-25(10-12(11)9-14)15(26)5-7-18(13-3-4-13)16(27)23-17(28)24-18/h1-2,9,13H,3-8,10H2,(H2,23,24,27,28)/t18-/m0/s1. The third-order valence-corrected chi connectivity index (χ3v) is 5.87. The van der Waals surface area contributed by atoms with Crippen molar-refractivity contribution in [3.63, 3.8) is 0 Å². The van der Waals surface area contributed by atoms with E-state index < -0.39 is 29.2 Å². The summed E-state index contributed by atoms with van der Waals surface area (Å²) < 4.78 is 38.8. The number of rotatable bonds is 4. The summed E-state index contributed by atoms with van der Waals surface area (Å²) in [4.78, 5) is 38.0. The van der Waals surface area contributed by atoms with E-state index >= 15 is 0 Å². The van der Waals surface area contributed by atoms with E-state index in [0.29, 0.717) is 18.5 Å². The van der Waals surface area contributed by atoms with Crippen molar-refractivity contribution in [3.05, 3.63) is 34.9 Å². The van der Waals surface area contributed by atoms with E-state index in [-0.39, 0.29) is 31.2 Å². The Labute approximate surface area is 159 Å². The molecule has 2 heterocycles. The van der Waals surface area contributed by atoms with Gasteiger partial charge in [-0.05, 0) is 54.9 Å². The van der Waals surface area contributed by atoms with E-state index in [4.69, 9.17) is 0 Å². The van der Waals surface area contributed by atoms with Crippen LogP contribution in [0.3, 0.4) is 0 Å². The number of nitrogens with zero attached hydrogens (tertiary/aromatic N) is 1. The van der Waals surface area contributed by atoms with Crippen LogP contribution in [0.5, 0.6) is 0 Å². The predicted molar refractivity (Wildman–Crippen MR) is 91.9 cm³/mol. The smallest absolute Gasteiger partial charge is 0.338 e. The number of fused-ring (bicyclic) bond motifs is 1. The topological polar surface area (TPSA) is 78.5 Å². The second-order valence-corrected chi connectivity index (χ2v) is 7.70. The average Bonchev–Trinajstić information content (AvgIpc) is 3.44. The molecule has 150 valence electrons. The minimum Gasteiger partial charge on any atom is -0.338 e. The Morgan fingerprint density at radius 3 is 2.57 bits per heavy atom. The van der Waals surface area contributed by atoms with Gasteiger partial charge < -0.3 is 10.2 Å². The van der Waals surface area contributed by atoms with Crippen LogP contribution in [0.2, 0.25) is 0 Å². The number of amides is 4. The predicted octanol–water partition coefficient (Wildman–Crippen LogP) is 2.36. The largest absolute Gasteiger partial charge is 0.416 e. The fraction of sp³-hybridized carbons (Fsp3) is 0.526. The second-order valence-electron chi connectivity index (χ2n) is 7.70. The molecular formula is C19H20F3N3O3. The normalized spacial score (nSPS) is 24.6. The molecule has 1 saturated heterocycles. The molecule has 0 bridgehead atoms. The highest BCUT2D eigenvalue weighted by atomic mass is 19.4. The minimum atomic E-state index is -4.42. The van der Waals surface area contributed by atoms with Crippen molar-refractivity contribution in [2.45, 2.75) is 50.4 Å². The number of halogens is 3. The number of benzene rings is 1. The summed E-state index contributed by atoms with van der Waals surface area (Å²) >= 11 is 0. The molecule has 0 radical (unpaired) electrons. The maximum Gasteiger partial charge on any atom is 0.416 e. The van der Waals surface area contributed by atoms with Gasteiger partial charge >= 0.3 is 12.2 Å². The first-order valence-corrected chi connectivity index (χ1v) is 9.29. The van der Waals surface area contributed by atoms with Gasteiger partial charge in [-0.25, -0.2) is 4.79 Å². The van der Waals surface area contributed by atoms with Gasteiger partial charge in [-0.1, -0.05) is 6.07 Å². The molecule has 4 amide bonds. The fourth-order valence-electron chi connectivity index (χ4n) is 4.16. The number of urea groups is 1. The first kappa shape index (κ1) is 18.8. The van der Waals surface area contributed by atoms with Crippen LogP contribution in [0.25, 0.3) is 0 Å². The molecule has 0 unspecified atom stereocenters. The van der Waals surface area contributed by atoms with E-state index in [2.05, 4.69) is 10.6 Å². The number of imide groups is 1. The molecule has 1 aromatic carbocycles. The molecule has 1 aromatic rings. The van der Waals surface area contributed by atoms with Gasteiger partial charge in [0, 0.05) is 19.5 Å². The molecule has 28 heavy (non-hydrogen) atoms. The summed E-state index contributed by atoms with van der Waals surface area (Å²) in [7, 11) is 0. The van der Waals surface area contributed by atoms with E-state index in [1.165, 1.54) is 11.0 Å². The molecule has 4 rings (SSSR count). The van der Waals surface area contributed by atoms with Crippen LogP contribution in [0, 0.1) is 5.92 Å². The molecule has 0 aromatic heterocycles. The zero-order valence-corrected chi connectivity index (χ0v) is 15.1. The Morgan fingerprint density at radius 2 is 1.96 bits per heavy atom. The van der Waals surface area contributed by atoms with Crippen molar-refractivity contribution in [1.82, 2.24) is 15.5 Å². The highest BCUT2D eigenvalue weighted by molar-refractivity contribution is 6.07. The lowest BCUT2D eigenvalue weighted by Gasteiger charge is -2.31. The highest BCUT2D eigenvalue weighted by Crippen LogP contribution is 2.44. The van der Waals surface area contributed by atoms with Crippen LogP contribution in [0.15, 0.2) is 18.2 Å². The first-order valence-electron chi connectivity index (χ1n) is 9.29. The summed E-state index contributed by atoms with van der Waals surface area (Å²) in [5, 5.41) is 4.93. The van der Waals surface area contributed by atoms with Crippen LogP contribution in [0.1, 0.15) is 42.4 Å². The van der Waals surface area contributed by atoms with Gasteiger partial charge in [0.2, 0.25) is 5.91 Å². The van der Waals surface area contributed by atoms with Gasteiger partial charge in [0.1, 0.15) is 5.54 Å². The molecule has 1 saturated carbocycles. The lowest BCUT2D eigenvalue weighted by Crippen LogP contribution is -2.50. The van der Waals surface area contributed by atoms with Crippen LogP contribution in [-0.4, -0.2) is 34.8 Å². The van der Waals surface area contributed by atoms with E-state index in [9.17, 15) is 27.6 Å². The number of nitrogens with one attached hydrogen (secondary N) is 2. The zero-order valence-electron chi connectivity index (χ0n) is 15.1. The van der Waals surface area contributed by atoms with Crippen LogP contribution >= 0.6 is 0 Å². The lowest BCUT2D eigenvalue weighted by molar-refractivity contribution is -0.137. The van der Waals surface area contributed by atoms with Crippen molar-refractivity contribution in [2.24, 2.45) is 5.92 Å². The van der Waals surface area contributed by atoms with Crippen LogP contribution < -0.4 is 10.6 Å². The summed E-state index contributed by atoms with van der Waals surface area (Å²) in [6.45, 7) is 0.541. The maximum absolute atomic E-state index is 12.9. The van der Waals surface area contributed by atoms with Gasteiger partial charge in [0.25, 0.3) is 5.91 Å². The number of carbonyl (C=O) groups excluding carboxylic acids is 3. The van der Waals surface area contributed by atoms with Crippen molar-refractivity contribution in [3.8, 4) is 0 Å². The average molecular weight is 395 g/mol. The Balaban J connectivity index is 1.44. The minimum absolute atomic E-state index is 0.0307. The third-order valence-electron chi connectivity index (χ3n) is 5.87. The number of hydrogen-bond donors (Lipinski definition) is 2. The molecule has 2 fully saturated rings. The zero-order chi connectivity index (χ0) is 20.1. The summed E-state index contributed by atoms with van der Waals surface area (Å²) in [6.07, 6.45) is -2.05. The molecule has 9 heteroatoms. The van der Waals surface area contributed by atoms with E-state index in [0.717, 1.165) is 30.5 Å². The van der Waals surface area contributed by atoms with Gasteiger partial charge in [-0.3, -0.25) is 14.9 Å². The summed E-state index contributed by atoms with van der Waals surface area (Å²) in [5.74, 6) is -0.591. The van der Waals surface area contributed by atoms with E-state index in [1.54, 1.807) is 0 Å². The van der Waals surface area contributed by atoms with Crippen LogP contribution in [0.4, 0.5) is 18.0 Å². The lowest BCUT2D eigenvalue weighted by atomic mass is 9.87. The summed E-state index contributed by atoms with van der Waals surface area (Å²) in [5.41, 5.74) is -0.449. The number of alkyl halides is 3. The van der Waals surface area contributed by atoms with Crippen molar-refractivity contribution < 1.29 is 27.6 Å². The van der Waals surface area contributed by atoms with Gasteiger partial charge in [0.05, 0.1) is 5.56 Å².